The number of hydrogen-bond acceptors (Lipinski definition) is 0. The normalized spacial score (nSPS) is 14.2. The van der Waals surface area contributed by atoms with Gasteiger partial charge in [-0.1, -0.05) is 75.4 Å². The monoisotopic (exact) mass is 286 g/mol. The molecule has 106 valence electrons. The van der Waals surface area contributed by atoms with Gasteiger partial charge in [-0.3, -0.25) is 0 Å². The number of hydrogen-bond donors (Lipinski definition) is 0. The van der Waals surface area contributed by atoms with E-state index in [4.69, 9.17) is 11.6 Å². The molecule has 2 aromatic rings. The highest BCUT2D eigenvalue weighted by Gasteiger charge is 2.16. The lowest BCUT2D eigenvalue weighted by Crippen LogP contribution is -2.07. The number of halogens is 1. The average molecular weight is 287 g/mol. The smallest absolute Gasteiger partial charge is 0.0613 e. The summed E-state index contributed by atoms with van der Waals surface area (Å²) < 4.78 is 0. The van der Waals surface area contributed by atoms with Crippen LogP contribution in [0.4, 0.5) is 0 Å². The van der Waals surface area contributed by atoms with Gasteiger partial charge in [-0.25, -0.2) is 0 Å². The minimum atomic E-state index is 0.0703. The molecule has 0 aliphatic carbocycles. The fourth-order valence-corrected chi connectivity index (χ4v) is 2.71. The van der Waals surface area contributed by atoms with Crippen molar-refractivity contribution in [1.29, 1.82) is 0 Å². The van der Waals surface area contributed by atoms with Gasteiger partial charge < -0.3 is 0 Å². The number of alkyl halides is 1. The number of rotatable bonds is 5. The Morgan fingerprint density at radius 2 is 1.40 bits per heavy atom. The molecule has 0 N–H and O–H groups in total. The summed E-state index contributed by atoms with van der Waals surface area (Å²) in [5.41, 5.74) is 3.97. The molecule has 0 fully saturated rings. The van der Waals surface area contributed by atoms with Gasteiger partial charge in [-0.15, -0.1) is 11.6 Å². The van der Waals surface area contributed by atoms with Crippen molar-refractivity contribution in [2.75, 3.05) is 0 Å². The molecule has 0 nitrogen and oxygen atoms in total. The molecule has 0 spiro atoms. The van der Waals surface area contributed by atoms with Crippen LogP contribution in [-0.2, 0) is 6.42 Å². The fraction of sp³-hybridized carbons (Fsp3) is 0.368. The zero-order chi connectivity index (χ0) is 14.5. The van der Waals surface area contributed by atoms with Crippen LogP contribution < -0.4 is 0 Å². The van der Waals surface area contributed by atoms with Crippen LogP contribution >= 0.6 is 11.6 Å². The lowest BCUT2D eigenvalue weighted by atomic mass is 9.92. The van der Waals surface area contributed by atoms with E-state index in [1.165, 1.54) is 16.7 Å². The zero-order valence-electron chi connectivity index (χ0n) is 12.5. The minimum absolute atomic E-state index is 0.0703. The lowest BCUT2D eigenvalue weighted by molar-refractivity contribution is 0.558. The number of benzene rings is 2. The molecule has 20 heavy (non-hydrogen) atoms. The summed E-state index contributed by atoms with van der Waals surface area (Å²) in [7, 11) is 0. The molecule has 0 radical (unpaired) electrons. The van der Waals surface area contributed by atoms with Crippen LogP contribution in [0, 0.1) is 5.92 Å². The highest BCUT2D eigenvalue weighted by molar-refractivity contribution is 6.21. The third-order valence-electron chi connectivity index (χ3n) is 3.82. The first-order chi connectivity index (χ1) is 9.58. The first-order valence-corrected chi connectivity index (χ1v) is 7.79. The van der Waals surface area contributed by atoms with Crippen LogP contribution in [0.25, 0.3) is 0 Å². The van der Waals surface area contributed by atoms with Gasteiger partial charge >= 0.3 is 0 Å². The molecular weight excluding hydrogens is 264 g/mol. The van der Waals surface area contributed by atoms with Gasteiger partial charge in [0.25, 0.3) is 0 Å². The minimum Gasteiger partial charge on any atom is -0.118 e. The molecule has 2 rings (SSSR count). The van der Waals surface area contributed by atoms with Crippen molar-refractivity contribution >= 4 is 11.6 Å². The Morgan fingerprint density at radius 3 is 1.95 bits per heavy atom. The van der Waals surface area contributed by atoms with Crippen molar-refractivity contribution in [3.05, 3.63) is 71.3 Å². The Bertz CT molecular complexity index is 513. The van der Waals surface area contributed by atoms with Crippen molar-refractivity contribution < 1.29 is 0 Å². The molecule has 0 saturated heterocycles. The summed E-state index contributed by atoms with van der Waals surface area (Å²) in [5.74, 6) is 1.01. The molecule has 0 aromatic heterocycles. The van der Waals surface area contributed by atoms with Crippen LogP contribution in [0.2, 0.25) is 0 Å². The summed E-state index contributed by atoms with van der Waals surface area (Å²) in [4.78, 5) is 0. The van der Waals surface area contributed by atoms with E-state index in [0.29, 0.717) is 11.8 Å². The quantitative estimate of drug-likeness (QED) is 0.594. The van der Waals surface area contributed by atoms with Crippen LogP contribution in [0.5, 0.6) is 0 Å². The zero-order valence-corrected chi connectivity index (χ0v) is 13.3. The second-order valence-electron chi connectivity index (χ2n) is 5.89. The van der Waals surface area contributed by atoms with Gasteiger partial charge in [-0.2, -0.15) is 0 Å². The Balaban J connectivity index is 2.02. The summed E-state index contributed by atoms with van der Waals surface area (Å²) in [5, 5.41) is 0.0703. The molecular formula is C19H23Cl. The summed E-state index contributed by atoms with van der Waals surface area (Å²) in [6.07, 6.45) is 1.02. The van der Waals surface area contributed by atoms with Gasteiger partial charge in [-0.05, 0) is 34.9 Å². The van der Waals surface area contributed by atoms with Gasteiger partial charge in [0, 0.05) is 0 Å². The van der Waals surface area contributed by atoms with E-state index in [9.17, 15) is 0 Å². The van der Waals surface area contributed by atoms with Crippen molar-refractivity contribution in [2.24, 2.45) is 5.92 Å². The molecule has 0 amide bonds. The standard InChI is InChI=1S/C19H23Cl/c1-14(2)17-11-9-16(10-12-17)13-15(3)19(20)18-7-5-4-6-8-18/h4-12,14-15,19H,13H2,1-3H3. The topological polar surface area (TPSA) is 0 Å². The first-order valence-electron chi connectivity index (χ1n) is 7.35. The highest BCUT2D eigenvalue weighted by Crippen LogP contribution is 2.31. The van der Waals surface area contributed by atoms with Gasteiger partial charge in [0.05, 0.1) is 5.38 Å². The average Bonchev–Trinajstić information content (AvgIpc) is 2.48. The predicted molar refractivity (Wildman–Crippen MR) is 88.4 cm³/mol. The van der Waals surface area contributed by atoms with Crippen LogP contribution in [0.1, 0.15) is 48.8 Å². The van der Waals surface area contributed by atoms with Gasteiger partial charge in [0.2, 0.25) is 0 Å². The Hall–Kier alpha value is -1.27. The van der Waals surface area contributed by atoms with Crippen molar-refractivity contribution in [3.8, 4) is 0 Å². The molecule has 2 unspecified atom stereocenters. The van der Waals surface area contributed by atoms with Crippen LogP contribution in [-0.4, -0.2) is 0 Å². The third kappa shape index (κ3) is 3.86. The summed E-state index contributed by atoms with van der Waals surface area (Å²) >= 11 is 6.59. The largest absolute Gasteiger partial charge is 0.118 e. The summed E-state index contributed by atoms with van der Waals surface area (Å²) in [6.45, 7) is 6.67. The second kappa shape index (κ2) is 6.95. The molecule has 0 aliphatic heterocycles. The van der Waals surface area contributed by atoms with E-state index in [-0.39, 0.29) is 5.38 Å². The molecule has 0 bridgehead atoms. The molecule has 0 aliphatic rings. The SMILES string of the molecule is CC(C)c1ccc(CC(C)C(Cl)c2ccccc2)cc1. The maximum Gasteiger partial charge on any atom is 0.0613 e. The van der Waals surface area contributed by atoms with Crippen LogP contribution in [0.15, 0.2) is 54.6 Å². The van der Waals surface area contributed by atoms with Gasteiger partial charge in [0.15, 0.2) is 0 Å². The van der Waals surface area contributed by atoms with Gasteiger partial charge in [0.1, 0.15) is 0 Å². The van der Waals surface area contributed by atoms with E-state index >= 15 is 0 Å². The Kier molecular flexibility index (Phi) is 5.25. The fourth-order valence-electron chi connectivity index (χ4n) is 2.48. The molecule has 1 heteroatoms. The van der Waals surface area contributed by atoms with E-state index in [1.807, 2.05) is 6.07 Å². The van der Waals surface area contributed by atoms with Crippen molar-refractivity contribution in [2.45, 2.75) is 38.5 Å². The molecule has 0 saturated carbocycles. The van der Waals surface area contributed by atoms with E-state index in [0.717, 1.165) is 6.42 Å². The predicted octanol–water partition coefficient (Wildman–Crippen LogP) is 5.97. The molecule has 2 aromatic carbocycles. The first kappa shape index (κ1) is 15.1. The van der Waals surface area contributed by atoms with Crippen LogP contribution in [0.3, 0.4) is 0 Å². The highest BCUT2D eigenvalue weighted by atomic mass is 35.5. The maximum absolute atomic E-state index is 6.59. The third-order valence-corrected chi connectivity index (χ3v) is 4.50. The van der Waals surface area contributed by atoms with E-state index in [2.05, 4.69) is 69.3 Å². The Labute approximate surface area is 127 Å². The second-order valence-corrected chi connectivity index (χ2v) is 6.36. The van der Waals surface area contributed by atoms with E-state index in [1.54, 1.807) is 0 Å². The lowest BCUT2D eigenvalue weighted by Gasteiger charge is -2.19. The maximum atomic E-state index is 6.59. The van der Waals surface area contributed by atoms with Crippen molar-refractivity contribution in [3.63, 3.8) is 0 Å². The Morgan fingerprint density at radius 1 is 0.800 bits per heavy atom. The van der Waals surface area contributed by atoms with E-state index < -0.39 is 0 Å². The molecule has 2 atom stereocenters. The summed E-state index contributed by atoms with van der Waals surface area (Å²) in [6, 6.07) is 19.3. The molecule has 0 heterocycles. The van der Waals surface area contributed by atoms with Crippen molar-refractivity contribution in [1.82, 2.24) is 0 Å².